The van der Waals surface area contributed by atoms with Gasteiger partial charge >= 0.3 is 0 Å². The molecule has 2 nitrogen and oxygen atoms in total. The summed E-state index contributed by atoms with van der Waals surface area (Å²) in [5, 5.41) is 18.1. The van der Waals surface area contributed by atoms with Crippen molar-refractivity contribution in [1.29, 1.82) is 5.26 Å². The minimum Gasteiger partial charge on any atom is -0.376 e. The van der Waals surface area contributed by atoms with Gasteiger partial charge in [-0.2, -0.15) is 5.26 Å². The summed E-state index contributed by atoms with van der Waals surface area (Å²) in [7, 11) is 0. The molecule has 0 aliphatic carbocycles. The molecule has 94 valence electrons. The van der Waals surface area contributed by atoms with Crippen molar-refractivity contribution >= 4 is 0 Å². The normalized spacial score (nSPS) is 14.4. The van der Waals surface area contributed by atoms with E-state index in [1.807, 2.05) is 6.07 Å². The fourth-order valence-electron chi connectivity index (χ4n) is 1.84. The lowest BCUT2D eigenvalue weighted by molar-refractivity contribution is 0.106. The minimum absolute atomic E-state index is 0.610. The highest BCUT2D eigenvalue weighted by molar-refractivity contribution is 4.95. The van der Waals surface area contributed by atoms with Crippen molar-refractivity contribution in [2.45, 2.75) is 83.7 Å². The van der Waals surface area contributed by atoms with E-state index in [0.29, 0.717) is 6.42 Å². The van der Waals surface area contributed by atoms with E-state index in [9.17, 15) is 5.11 Å². The van der Waals surface area contributed by atoms with Gasteiger partial charge in [0.15, 0.2) is 0 Å². The predicted molar refractivity (Wildman–Crippen MR) is 68.1 cm³/mol. The second-order valence-corrected chi connectivity index (χ2v) is 4.96. The molecule has 0 bridgehead atoms. The zero-order valence-electron chi connectivity index (χ0n) is 11.0. The van der Waals surface area contributed by atoms with Crippen LogP contribution >= 0.6 is 0 Å². The maximum absolute atomic E-state index is 9.46. The fourth-order valence-corrected chi connectivity index (χ4v) is 1.84. The molecule has 0 aliphatic heterocycles. The van der Waals surface area contributed by atoms with Crippen molar-refractivity contribution in [3.8, 4) is 6.07 Å². The van der Waals surface area contributed by atoms with Gasteiger partial charge in [-0.05, 0) is 19.8 Å². The van der Waals surface area contributed by atoms with Crippen molar-refractivity contribution in [1.82, 2.24) is 0 Å². The number of hydrogen-bond acceptors (Lipinski definition) is 2. The Morgan fingerprint density at radius 1 is 0.938 bits per heavy atom. The quantitative estimate of drug-likeness (QED) is 0.447. The van der Waals surface area contributed by atoms with Crippen LogP contribution in [0.3, 0.4) is 0 Å². The zero-order chi connectivity index (χ0) is 12.3. The van der Waals surface area contributed by atoms with Crippen LogP contribution in [0.2, 0.25) is 0 Å². The molecular formula is C14H27NO. The SMILES string of the molecule is CCCCCCCCCCC[C@](C)(O)C#N. The molecule has 0 spiro atoms. The van der Waals surface area contributed by atoms with Crippen LogP contribution in [0.5, 0.6) is 0 Å². The van der Waals surface area contributed by atoms with Crippen molar-refractivity contribution in [3.63, 3.8) is 0 Å². The first-order valence-corrected chi connectivity index (χ1v) is 6.76. The highest BCUT2D eigenvalue weighted by Gasteiger charge is 2.17. The Labute approximate surface area is 101 Å². The smallest absolute Gasteiger partial charge is 0.148 e. The molecule has 0 rings (SSSR count). The molecule has 0 aromatic heterocycles. The van der Waals surface area contributed by atoms with Crippen LogP contribution in [0, 0.1) is 11.3 Å². The van der Waals surface area contributed by atoms with Gasteiger partial charge in [-0.3, -0.25) is 0 Å². The molecule has 0 aromatic carbocycles. The van der Waals surface area contributed by atoms with Crippen LogP contribution in [-0.4, -0.2) is 10.7 Å². The van der Waals surface area contributed by atoms with Gasteiger partial charge in [-0.15, -0.1) is 0 Å². The molecule has 2 heteroatoms. The third-order valence-corrected chi connectivity index (χ3v) is 3.01. The molecule has 1 atom stereocenters. The van der Waals surface area contributed by atoms with Crippen LogP contribution < -0.4 is 0 Å². The first-order chi connectivity index (χ1) is 7.62. The molecule has 16 heavy (non-hydrogen) atoms. The van der Waals surface area contributed by atoms with Gasteiger partial charge in [-0.1, -0.05) is 58.3 Å². The second-order valence-electron chi connectivity index (χ2n) is 4.96. The van der Waals surface area contributed by atoms with Gasteiger partial charge in [0, 0.05) is 0 Å². The average Bonchev–Trinajstić information content (AvgIpc) is 2.27. The van der Waals surface area contributed by atoms with Gasteiger partial charge in [0.05, 0.1) is 6.07 Å². The third-order valence-electron chi connectivity index (χ3n) is 3.01. The van der Waals surface area contributed by atoms with E-state index in [2.05, 4.69) is 6.92 Å². The van der Waals surface area contributed by atoms with Crippen molar-refractivity contribution in [2.75, 3.05) is 0 Å². The Kier molecular flexibility index (Phi) is 9.33. The van der Waals surface area contributed by atoms with E-state index in [-0.39, 0.29) is 0 Å². The Bertz CT molecular complexity index is 193. The van der Waals surface area contributed by atoms with Crippen LogP contribution in [0.15, 0.2) is 0 Å². The molecule has 0 radical (unpaired) electrons. The summed E-state index contributed by atoms with van der Waals surface area (Å²) < 4.78 is 0. The topological polar surface area (TPSA) is 44.0 Å². The van der Waals surface area contributed by atoms with Crippen molar-refractivity contribution < 1.29 is 5.11 Å². The standard InChI is InChI=1S/C14H27NO/c1-3-4-5-6-7-8-9-10-11-12-14(2,16)13-15/h16H,3-12H2,1-2H3/t14-/m0/s1. The zero-order valence-corrected chi connectivity index (χ0v) is 11.0. The van der Waals surface area contributed by atoms with Crippen LogP contribution in [0.4, 0.5) is 0 Å². The number of hydrogen-bond donors (Lipinski definition) is 1. The van der Waals surface area contributed by atoms with Gasteiger partial charge < -0.3 is 5.11 Å². The van der Waals surface area contributed by atoms with E-state index >= 15 is 0 Å². The van der Waals surface area contributed by atoms with E-state index in [4.69, 9.17) is 5.26 Å². The Morgan fingerprint density at radius 2 is 1.38 bits per heavy atom. The number of nitrogens with zero attached hydrogens (tertiary/aromatic N) is 1. The first kappa shape index (κ1) is 15.4. The van der Waals surface area contributed by atoms with E-state index in [0.717, 1.165) is 12.8 Å². The monoisotopic (exact) mass is 225 g/mol. The Morgan fingerprint density at radius 3 is 1.81 bits per heavy atom. The summed E-state index contributed by atoms with van der Waals surface area (Å²) in [6, 6.07) is 1.92. The van der Waals surface area contributed by atoms with E-state index < -0.39 is 5.60 Å². The lowest BCUT2D eigenvalue weighted by Gasteiger charge is -2.12. The summed E-state index contributed by atoms with van der Waals surface area (Å²) in [4.78, 5) is 0. The average molecular weight is 225 g/mol. The molecule has 0 aromatic rings. The van der Waals surface area contributed by atoms with Crippen molar-refractivity contribution in [2.24, 2.45) is 0 Å². The van der Waals surface area contributed by atoms with Gasteiger partial charge in [0.2, 0.25) is 0 Å². The number of nitriles is 1. The molecular weight excluding hydrogens is 198 g/mol. The first-order valence-electron chi connectivity index (χ1n) is 6.76. The van der Waals surface area contributed by atoms with Crippen LogP contribution in [0.1, 0.15) is 78.1 Å². The van der Waals surface area contributed by atoms with E-state index in [1.54, 1.807) is 6.92 Å². The van der Waals surface area contributed by atoms with Crippen molar-refractivity contribution in [3.05, 3.63) is 0 Å². The van der Waals surface area contributed by atoms with Gasteiger partial charge in [0.1, 0.15) is 5.60 Å². The summed E-state index contributed by atoms with van der Waals surface area (Å²) in [5.41, 5.74) is -1.11. The molecule has 0 unspecified atom stereocenters. The van der Waals surface area contributed by atoms with Gasteiger partial charge in [0.25, 0.3) is 0 Å². The molecule has 0 saturated heterocycles. The number of aliphatic hydroxyl groups is 1. The second kappa shape index (κ2) is 9.66. The largest absolute Gasteiger partial charge is 0.376 e. The molecule has 1 N–H and O–H groups in total. The lowest BCUT2D eigenvalue weighted by Crippen LogP contribution is -2.20. The summed E-state index contributed by atoms with van der Waals surface area (Å²) in [6.07, 6.45) is 12.0. The third kappa shape index (κ3) is 9.98. The Hall–Kier alpha value is -0.550. The summed E-state index contributed by atoms with van der Waals surface area (Å²) in [6.45, 7) is 3.83. The fraction of sp³-hybridized carbons (Fsp3) is 0.929. The molecule has 0 fully saturated rings. The molecule has 0 saturated carbocycles. The molecule has 0 heterocycles. The number of rotatable bonds is 10. The molecule has 0 aliphatic rings. The summed E-state index contributed by atoms with van der Waals surface area (Å²) >= 11 is 0. The maximum Gasteiger partial charge on any atom is 0.148 e. The molecule has 0 amide bonds. The lowest BCUT2D eigenvalue weighted by atomic mass is 9.99. The van der Waals surface area contributed by atoms with Crippen LogP contribution in [0.25, 0.3) is 0 Å². The van der Waals surface area contributed by atoms with Crippen LogP contribution in [-0.2, 0) is 0 Å². The van der Waals surface area contributed by atoms with Gasteiger partial charge in [-0.25, -0.2) is 0 Å². The maximum atomic E-state index is 9.46. The predicted octanol–water partition coefficient (Wildman–Crippen LogP) is 4.18. The van der Waals surface area contributed by atoms with E-state index in [1.165, 1.54) is 44.9 Å². The number of unbranched alkanes of at least 4 members (excludes halogenated alkanes) is 8. The Balaban J connectivity index is 3.14. The summed E-state index contributed by atoms with van der Waals surface area (Å²) in [5.74, 6) is 0. The highest BCUT2D eigenvalue weighted by Crippen LogP contribution is 2.15. The minimum atomic E-state index is -1.11. The highest BCUT2D eigenvalue weighted by atomic mass is 16.3.